The number of nitriles is 1. The average molecular weight is 230 g/mol. The van der Waals surface area contributed by atoms with Crippen LogP contribution < -0.4 is 0 Å². The smallest absolute Gasteiger partial charge is 0.0622 e. The van der Waals surface area contributed by atoms with Crippen molar-refractivity contribution in [2.75, 3.05) is 14.1 Å². The maximum absolute atomic E-state index is 8.69. The molecule has 2 heteroatoms. The lowest BCUT2D eigenvalue weighted by molar-refractivity contribution is 0.286. The molecule has 1 aromatic carbocycles. The molecule has 0 heterocycles. The minimum Gasteiger partial charge on any atom is -0.302 e. The van der Waals surface area contributed by atoms with Crippen LogP contribution in [0.25, 0.3) is 0 Å². The minimum absolute atomic E-state index is 0.343. The van der Waals surface area contributed by atoms with Crippen LogP contribution in [0.4, 0.5) is 0 Å². The van der Waals surface area contributed by atoms with Gasteiger partial charge in [-0.25, -0.2) is 0 Å². The first kappa shape index (κ1) is 13.7. The molecule has 0 bridgehead atoms. The van der Waals surface area contributed by atoms with Crippen LogP contribution in [0.5, 0.6) is 0 Å². The van der Waals surface area contributed by atoms with Gasteiger partial charge in [0, 0.05) is 12.5 Å². The Morgan fingerprint density at radius 3 is 2.06 bits per heavy atom. The van der Waals surface area contributed by atoms with Crippen molar-refractivity contribution in [1.29, 1.82) is 5.26 Å². The fraction of sp³-hybridized carbons (Fsp3) is 0.533. The molecule has 0 radical (unpaired) electrons. The van der Waals surface area contributed by atoms with Crippen LogP contribution in [0.3, 0.4) is 0 Å². The average Bonchev–Trinajstić information content (AvgIpc) is 2.29. The molecule has 0 saturated heterocycles. The number of benzene rings is 1. The molecule has 0 aliphatic carbocycles. The fourth-order valence-electron chi connectivity index (χ4n) is 2.03. The predicted molar refractivity (Wildman–Crippen MR) is 71.8 cm³/mol. The van der Waals surface area contributed by atoms with Crippen LogP contribution in [-0.2, 0) is 0 Å². The van der Waals surface area contributed by atoms with E-state index in [1.807, 2.05) is 0 Å². The molecule has 0 aliphatic heterocycles. The van der Waals surface area contributed by atoms with Crippen LogP contribution in [0.1, 0.15) is 49.8 Å². The summed E-state index contributed by atoms with van der Waals surface area (Å²) in [7, 11) is 4.14. The number of hydrogen-bond acceptors (Lipinski definition) is 2. The summed E-state index contributed by atoms with van der Waals surface area (Å²) in [4.78, 5) is 2.18. The van der Waals surface area contributed by atoms with E-state index in [9.17, 15) is 0 Å². The van der Waals surface area contributed by atoms with Crippen molar-refractivity contribution in [3.63, 3.8) is 0 Å². The Bertz CT molecular complexity index is 371. The normalized spacial score (nSPS) is 12.8. The molecule has 2 nitrogen and oxygen atoms in total. The van der Waals surface area contributed by atoms with E-state index in [2.05, 4.69) is 63.2 Å². The van der Waals surface area contributed by atoms with Crippen molar-refractivity contribution in [1.82, 2.24) is 4.90 Å². The summed E-state index contributed by atoms with van der Waals surface area (Å²) in [5.74, 6) is 0.570. The van der Waals surface area contributed by atoms with Gasteiger partial charge in [-0.1, -0.05) is 38.1 Å². The second-order valence-electron chi connectivity index (χ2n) is 5.00. The molecule has 0 spiro atoms. The number of hydrogen-bond donors (Lipinski definition) is 0. The largest absolute Gasteiger partial charge is 0.302 e. The fourth-order valence-corrected chi connectivity index (χ4v) is 2.03. The van der Waals surface area contributed by atoms with Crippen LogP contribution in [0.2, 0.25) is 0 Å². The van der Waals surface area contributed by atoms with Gasteiger partial charge >= 0.3 is 0 Å². The molecule has 1 atom stereocenters. The highest BCUT2D eigenvalue weighted by Crippen LogP contribution is 2.25. The van der Waals surface area contributed by atoms with Gasteiger partial charge in [-0.2, -0.15) is 5.26 Å². The van der Waals surface area contributed by atoms with Crippen molar-refractivity contribution in [3.8, 4) is 6.07 Å². The first-order valence-electron chi connectivity index (χ1n) is 6.19. The first-order valence-corrected chi connectivity index (χ1v) is 6.19. The molecular weight excluding hydrogens is 208 g/mol. The molecule has 0 N–H and O–H groups in total. The summed E-state index contributed by atoms with van der Waals surface area (Å²) < 4.78 is 0. The lowest BCUT2D eigenvalue weighted by atomic mass is 9.96. The summed E-state index contributed by atoms with van der Waals surface area (Å²) in [5, 5.41) is 8.69. The van der Waals surface area contributed by atoms with Gasteiger partial charge in [-0.15, -0.1) is 0 Å². The van der Waals surface area contributed by atoms with Crippen LogP contribution in [-0.4, -0.2) is 19.0 Å². The molecule has 0 aliphatic rings. The zero-order valence-corrected chi connectivity index (χ0v) is 11.3. The van der Waals surface area contributed by atoms with E-state index in [0.717, 1.165) is 6.42 Å². The summed E-state index contributed by atoms with van der Waals surface area (Å²) in [6.45, 7) is 4.40. The van der Waals surface area contributed by atoms with E-state index < -0.39 is 0 Å². The highest BCUT2D eigenvalue weighted by Gasteiger charge is 2.13. The van der Waals surface area contributed by atoms with E-state index in [1.165, 1.54) is 11.1 Å². The van der Waals surface area contributed by atoms with Crippen LogP contribution >= 0.6 is 0 Å². The minimum atomic E-state index is 0.343. The summed E-state index contributed by atoms with van der Waals surface area (Å²) >= 11 is 0. The Balaban J connectivity index is 2.84. The summed E-state index contributed by atoms with van der Waals surface area (Å²) in [6, 6.07) is 11.3. The van der Waals surface area contributed by atoms with Gasteiger partial charge in [0.25, 0.3) is 0 Å². The van der Waals surface area contributed by atoms with Gasteiger partial charge in [0.05, 0.1) is 6.07 Å². The monoisotopic (exact) mass is 230 g/mol. The van der Waals surface area contributed by atoms with Crippen LogP contribution in [0.15, 0.2) is 24.3 Å². The zero-order valence-electron chi connectivity index (χ0n) is 11.3. The molecule has 1 aromatic rings. The van der Waals surface area contributed by atoms with Gasteiger partial charge in [-0.3, -0.25) is 0 Å². The third-order valence-corrected chi connectivity index (χ3v) is 3.14. The maximum atomic E-state index is 8.69. The molecule has 1 rings (SSSR count). The van der Waals surface area contributed by atoms with E-state index >= 15 is 0 Å². The third-order valence-electron chi connectivity index (χ3n) is 3.14. The van der Waals surface area contributed by atoms with Crippen molar-refractivity contribution in [2.45, 2.75) is 38.6 Å². The second-order valence-corrected chi connectivity index (χ2v) is 5.00. The molecular formula is C15H22N2. The van der Waals surface area contributed by atoms with E-state index in [0.29, 0.717) is 18.4 Å². The zero-order chi connectivity index (χ0) is 12.8. The predicted octanol–water partition coefficient (Wildman–Crippen LogP) is 3.72. The molecule has 0 fully saturated rings. The Morgan fingerprint density at radius 1 is 1.12 bits per heavy atom. The third kappa shape index (κ3) is 3.87. The summed E-state index contributed by atoms with van der Waals surface area (Å²) in [6.07, 6.45) is 1.50. The molecule has 1 unspecified atom stereocenters. The molecule has 0 aromatic heterocycles. The van der Waals surface area contributed by atoms with Gasteiger partial charge in [0.1, 0.15) is 0 Å². The SMILES string of the molecule is CC(C)c1ccc(C(CCC#N)N(C)C)cc1. The molecule has 0 saturated carbocycles. The van der Waals surface area contributed by atoms with Crippen molar-refractivity contribution in [3.05, 3.63) is 35.4 Å². The Morgan fingerprint density at radius 2 is 1.65 bits per heavy atom. The second kappa shape index (κ2) is 6.42. The lowest BCUT2D eigenvalue weighted by Crippen LogP contribution is -2.19. The highest BCUT2D eigenvalue weighted by atomic mass is 15.1. The lowest BCUT2D eigenvalue weighted by Gasteiger charge is -2.24. The molecule has 92 valence electrons. The quantitative estimate of drug-likeness (QED) is 0.771. The van der Waals surface area contributed by atoms with Gasteiger partial charge in [0.15, 0.2) is 0 Å². The highest BCUT2D eigenvalue weighted by molar-refractivity contribution is 5.27. The maximum Gasteiger partial charge on any atom is 0.0622 e. The molecule has 0 amide bonds. The Hall–Kier alpha value is -1.33. The standard InChI is InChI=1S/C15H22N2/c1-12(2)13-7-9-14(10-8-13)15(17(3)4)6-5-11-16/h7-10,12,15H,5-6H2,1-4H3. The van der Waals surface area contributed by atoms with Gasteiger partial charge in [-0.05, 0) is 37.6 Å². The first-order chi connectivity index (χ1) is 8.06. The van der Waals surface area contributed by atoms with E-state index in [1.54, 1.807) is 0 Å². The van der Waals surface area contributed by atoms with Crippen molar-refractivity contribution in [2.24, 2.45) is 0 Å². The Kier molecular flexibility index (Phi) is 5.18. The Labute approximate surface area is 105 Å². The van der Waals surface area contributed by atoms with Crippen LogP contribution in [0, 0.1) is 11.3 Å². The van der Waals surface area contributed by atoms with Crippen molar-refractivity contribution >= 4 is 0 Å². The van der Waals surface area contributed by atoms with E-state index in [4.69, 9.17) is 5.26 Å². The summed E-state index contributed by atoms with van der Waals surface area (Å²) in [5.41, 5.74) is 2.67. The molecule has 17 heavy (non-hydrogen) atoms. The van der Waals surface area contributed by atoms with Gasteiger partial charge in [0.2, 0.25) is 0 Å². The number of rotatable bonds is 5. The van der Waals surface area contributed by atoms with E-state index in [-0.39, 0.29) is 0 Å². The topological polar surface area (TPSA) is 27.0 Å². The van der Waals surface area contributed by atoms with Crippen molar-refractivity contribution < 1.29 is 0 Å². The van der Waals surface area contributed by atoms with Gasteiger partial charge < -0.3 is 4.90 Å². The number of nitrogens with zero attached hydrogens (tertiary/aromatic N) is 2.